The summed E-state index contributed by atoms with van der Waals surface area (Å²) in [5, 5.41) is 0. The Hall–Kier alpha value is -2.53. The van der Waals surface area contributed by atoms with Gasteiger partial charge in [-0.05, 0) is 62.2 Å². The number of piperidine rings is 1. The number of methoxy groups -OCH3 is 2. The standard InChI is InChI=1S/C24H29N3O5S2/c1-17-6-4-5-13-27(17)34(29,30)20-10-7-18(8-11-20)23(28)25-24-26(14-15-31-2)21-12-9-19(32-3)16-22(21)33-24/h7-12,16-17H,4-6,13-15H2,1-3H3. The van der Waals surface area contributed by atoms with Crippen LogP contribution >= 0.6 is 11.3 Å². The average Bonchev–Trinajstić information content (AvgIpc) is 3.18. The van der Waals surface area contributed by atoms with Gasteiger partial charge in [-0.1, -0.05) is 17.8 Å². The summed E-state index contributed by atoms with van der Waals surface area (Å²) >= 11 is 1.39. The molecule has 1 atom stereocenters. The first-order valence-corrected chi connectivity index (χ1v) is 13.5. The molecule has 34 heavy (non-hydrogen) atoms. The number of hydrogen-bond donors (Lipinski definition) is 0. The summed E-state index contributed by atoms with van der Waals surface area (Å²) in [6, 6.07) is 11.7. The molecule has 0 aliphatic carbocycles. The Bertz CT molecular complexity index is 1340. The van der Waals surface area contributed by atoms with Gasteiger partial charge in [0, 0.05) is 31.8 Å². The van der Waals surface area contributed by atoms with Crippen LogP contribution in [0.25, 0.3) is 10.2 Å². The van der Waals surface area contributed by atoms with Crippen molar-refractivity contribution in [1.82, 2.24) is 8.87 Å². The van der Waals surface area contributed by atoms with Crippen LogP contribution in [0.1, 0.15) is 36.5 Å². The molecule has 2 aromatic carbocycles. The Morgan fingerprint density at radius 3 is 2.59 bits per heavy atom. The van der Waals surface area contributed by atoms with Gasteiger partial charge in [-0.3, -0.25) is 4.79 Å². The number of carbonyl (C=O) groups excluding carboxylic acids is 1. The van der Waals surface area contributed by atoms with Crippen molar-refractivity contribution >= 4 is 37.5 Å². The second kappa shape index (κ2) is 10.4. The van der Waals surface area contributed by atoms with Crippen LogP contribution in [0.2, 0.25) is 0 Å². The molecule has 3 aromatic rings. The van der Waals surface area contributed by atoms with Gasteiger partial charge < -0.3 is 14.0 Å². The van der Waals surface area contributed by atoms with Crippen LogP contribution in [0, 0.1) is 0 Å². The van der Waals surface area contributed by atoms with E-state index < -0.39 is 15.9 Å². The van der Waals surface area contributed by atoms with E-state index in [-0.39, 0.29) is 10.9 Å². The lowest BCUT2D eigenvalue weighted by Gasteiger charge is -2.32. The highest BCUT2D eigenvalue weighted by Gasteiger charge is 2.30. The van der Waals surface area contributed by atoms with Gasteiger partial charge in [-0.15, -0.1) is 0 Å². The Kier molecular flexibility index (Phi) is 7.51. The summed E-state index contributed by atoms with van der Waals surface area (Å²) in [6.07, 6.45) is 2.76. The molecule has 4 rings (SSSR count). The van der Waals surface area contributed by atoms with Crippen LogP contribution in [-0.4, -0.2) is 56.6 Å². The van der Waals surface area contributed by atoms with Gasteiger partial charge in [0.1, 0.15) is 5.75 Å². The summed E-state index contributed by atoms with van der Waals surface area (Å²) in [5.74, 6) is 0.297. The van der Waals surface area contributed by atoms with Gasteiger partial charge in [0.05, 0.1) is 28.8 Å². The summed E-state index contributed by atoms with van der Waals surface area (Å²) in [7, 11) is -0.355. The van der Waals surface area contributed by atoms with Crippen LogP contribution in [-0.2, 0) is 21.3 Å². The fourth-order valence-corrected chi connectivity index (χ4v) is 6.93. The highest BCUT2D eigenvalue weighted by Crippen LogP contribution is 2.26. The highest BCUT2D eigenvalue weighted by molar-refractivity contribution is 7.89. The number of fused-ring (bicyclic) bond motifs is 1. The number of ether oxygens (including phenoxy) is 2. The fourth-order valence-electron chi connectivity index (χ4n) is 4.15. The van der Waals surface area contributed by atoms with Gasteiger partial charge in [0.25, 0.3) is 5.91 Å². The molecular formula is C24H29N3O5S2. The molecule has 1 unspecified atom stereocenters. The highest BCUT2D eigenvalue weighted by atomic mass is 32.2. The van der Waals surface area contributed by atoms with Crippen LogP contribution in [0.15, 0.2) is 52.4 Å². The minimum absolute atomic E-state index is 0.0239. The van der Waals surface area contributed by atoms with Crippen LogP contribution < -0.4 is 9.54 Å². The number of aromatic nitrogens is 1. The minimum atomic E-state index is -3.59. The molecule has 0 saturated carbocycles. The van der Waals surface area contributed by atoms with Gasteiger partial charge >= 0.3 is 0 Å². The number of amides is 1. The molecule has 10 heteroatoms. The SMILES string of the molecule is COCCn1c(=NC(=O)c2ccc(S(=O)(=O)N3CCCCC3C)cc2)sc2cc(OC)ccc21. The van der Waals surface area contributed by atoms with Crippen molar-refractivity contribution < 1.29 is 22.7 Å². The number of rotatable bonds is 7. The topological polar surface area (TPSA) is 90.2 Å². The van der Waals surface area contributed by atoms with E-state index in [1.54, 1.807) is 18.5 Å². The van der Waals surface area contributed by atoms with E-state index in [4.69, 9.17) is 9.47 Å². The summed E-state index contributed by atoms with van der Waals surface area (Å²) < 4.78 is 41.1. The molecule has 0 spiro atoms. The number of thiazole rings is 1. The quantitative estimate of drug-likeness (QED) is 0.491. The molecule has 1 saturated heterocycles. The smallest absolute Gasteiger partial charge is 0.279 e. The van der Waals surface area contributed by atoms with E-state index in [0.717, 1.165) is 35.2 Å². The molecule has 182 valence electrons. The zero-order valence-corrected chi connectivity index (χ0v) is 21.2. The Balaban J connectivity index is 1.65. The first-order chi connectivity index (χ1) is 16.3. The summed E-state index contributed by atoms with van der Waals surface area (Å²) in [6.45, 7) is 3.48. The molecule has 2 heterocycles. The minimum Gasteiger partial charge on any atom is -0.497 e. The van der Waals surface area contributed by atoms with E-state index >= 15 is 0 Å². The average molecular weight is 504 g/mol. The van der Waals surface area contributed by atoms with Crippen molar-refractivity contribution in [3.05, 3.63) is 52.8 Å². The first kappa shape index (κ1) is 24.6. The van der Waals surface area contributed by atoms with E-state index in [9.17, 15) is 13.2 Å². The van der Waals surface area contributed by atoms with Crippen LogP contribution in [0.4, 0.5) is 0 Å². The molecule has 0 N–H and O–H groups in total. The van der Waals surface area contributed by atoms with Crippen LogP contribution in [0.3, 0.4) is 0 Å². The Morgan fingerprint density at radius 1 is 1.15 bits per heavy atom. The van der Waals surface area contributed by atoms with Crippen molar-refractivity contribution in [2.75, 3.05) is 27.4 Å². The van der Waals surface area contributed by atoms with Crippen LogP contribution in [0.5, 0.6) is 5.75 Å². The second-order valence-electron chi connectivity index (χ2n) is 8.26. The number of hydrogen-bond acceptors (Lipinski definition) is 6. The maximum atomic E-state index is 13.1. The third-order valence-electron chi connectivity index (χ3n) is 6.06. The molecule has 1 aromatic heterocycles. The Morgan fingerprint density at radius 2 is 1.91 bits per heavy atom. The van der Waals surface area contributed by atoms with E-state index in [1.165, 1.54) is 35.6 Å². The van der Waals surface area contributed by atoms with Gasteiger partial charge in [0.15, 0.2) is 4.80 Å². The third-order valence-corrected chi connectivity index (χ3v) is 9.12. The van der Waals surface area contributed by atoms with Crippen molar-refractivity contribution in [2.45, 2.75) is 43.7 Å². The second-order valence-corrected chi connectivity index (χ2v) is 11.2. The van der Waals surface area contributed by atoms with Crippen molar-refractivity contribution in [1.29, 1.82) is 0 Å². The third kappa shape index (κ3) is 4.95. The van der Waals surface area contributed by atoms with Gasteiger partial charge in [-0.2, -0.15) is 9.30 Å². The zero-order chi connectivity index (χ0) is 24.3. The first-order valence-electron chi connectivity index (χ1n) is 11.2. The van der Waals surface area contributed by atoms with E-state index in [2.05, 4.69) is 4.99 Å². The largest absolute Gasteiger partial charge is 0.497 e. The molecule has 1 aliphatic rings. The van der Waals surface area contributed by atoms with Crippen molar-refractivity contribution in [2.24, 2.45) is 4.99 Å². The monoisotopic (exact) mass is 503 g/mol. The van der Waals surface area contributed by atoms with Crippen molar-refractivity contribution in [3.63, 3.8) is 0 Å². The number of carbonyl (C=O) groups is 1. The molecule has 1 amide bonds. The molecule has 1 fully saturated rings. The lowest BCUT2D eigenvalue weighted by atomic mass is 10.1. The van der Waals surface area contributed by atoms with Crippen molar-refractivity contribution in [3.8, 4) is 5.75 Å². The predicted molar refractivity (Wildman–Crippen MR) is 132 cm³/mol. The lowest BCUT2D eigenvalue weighted by molar-refractivity contribution is 0.0997. The lowest BCUT2D eigenvalue weighted by Crippen LogP contribution is -2.41. The zero-order valence-electron chi connectivity index (χ0n) is 19.6. The number of nitrogens with zero attached hydrogens (tertiary/aromatic N) is 3. The summed E-state index contributed by atoms with van der Waals surface area (Å²) in [5.41, 5.74) is 1.27. The maximum absolute atomic E-state index is 13.1. The predicted octanol–water partition coefficient (Wildman–Crippen LogP) is 3.66. The molecule has 0 bridgehead atoms. The van der Waals surface area contributed by atoms with E-state index in [1.807, 2.05) is 29.7 Å². The van der Waals surface area contributed by atoms with Gasteiger partial charge in [-0.25, -0.2) is 8.42 Å². The Labute approximate surface area is 203 Å². The number of sulfonamides is 1. The van der Waals surface area contributed by atoms with E-state index in [0.29, 0.717) is 30.1 Å². The number of benzene rings is 2. The summed E-state index contributed by atoms with van der Waals surface area (Å²) in [4.78, 5) is 18.1. The molecular weight excluding hydrogens is 474 g/mol. The van der Waals surface area contributed by atoms with Gasteiger partial charge in [0.2, 0.25) is 10.0 Å². The fraction of sp³-hybridized carbons (Fsp3) is 0.417. The maximum Gasteiger partial charge on any atom is 0.279 e. The normalized spacial score (nSPS) is 17.9. The molecule has 1 aliphatic heterocycles. The molecule has 0 radical (unpaired) electrons. The molecule has 8 nitrogen and oxygen atoms in total.